The van der Waals surface area contributed by atoms with Gasteiger partial charge in [-0.15, -0.1) is 0 Å². The van der Waals surface area contributed by atoms with Crippen molar-refractivity contribution in [2.45, 2.75) is 19.8 Å². The highest BCUT2D eigenvalue weighted by molar-refractivity contribution is 5.90. The van der Waals surface area contributed by atoms with Gasteiger partial charge < -0.3 is 0 Å². The molecule has 0 fully saturated rings. The van der Waals surface area contributed by atoms with Crippen molar-refractivity contribution in [3.63, 3.8) is 0 Å². The monoisotopic (exact) mass is 196 g/mol. The molecule has 0 spiro atoms. The van der Waals surface area contributed by atoms with E-state index in [9.17, 15) is 0 Å². The highest BCUT2D eigenvalue weighted by Gasteiger charge is 1.95. The summed E-state index contributed by atoms with van der Waals surface area (Å²) < 4.78 is 0. The van der Waals surface area contributed by atoms with E-state index in [-0.39, 0.29) is 0 Å². The second kappa shape index (κ2) is 4.79. The van der Waals surface area contributed by atoms with Crippen LogP contribution < -0.4 is 0 Å². The molecule has 0 saturated carbocycles. The first kappa shape index (κ1) is 9.97. The molecule has 0 nitrogen and oxygen atoms in total. The normalized spacial score (nSPS) is 11.3. The lowest BCUT2D eigenvalue weighted by Gasteiger charge is -2.01. The van der Waals surface area contributed by atoms with E-state index >= 15 is 0 Å². The highest BCUT2D eigenvalue weighted by Crippen LogP contribution is 2.19. The first-order valence-electron chi connectivity index (χ1n) is 5.56. The quantitative estimate of drug-likeness (QED) is 0.670. The van der Waals surface area contributed by atoms with E-state index in [1.54, 1.807) is 0 Å². The lowest BCUT2D eigenvalue weighted by atomic mass is 10.0. The van der Waals surface area contributed by atoms with Crippen LogP contribution in [0.15, 0.2) is 48.5 Å². The van der Waals surface area contributed by atoms with Crippen molar-refractivity contribution in [2.24, 2.45) is 0 Å². The molecule has 15 heavy (non-hydrogen) atoms. The van der Waals surface area contributed by atoms with Gasteiger partial charge in [0.1, 0.15) is 0 Å². The Morgan fingerprint density at radius 1 is 1.00 bits per heavy atom. The Labute approximate surface area is 91.2 Å². The predicted molar refractivity (Wildman–Crippen MR) is 67.9 cm³/mol. The highest BCUT2D eigenvalue weighted by atomic mass is 14.0. The van der Waals surface area contributed by atoms with Crippen molar-refractivity contribution in [3.8, 4) is 0 Å². The molecule has 0 aliphatic rings. The number of fused-ring (bicyclic) bond motifs is 1. The van der Waals surface area contributed by atoms with Gasteiger partial charge in [0.25, 0.3) is 0 Å². The van der Waals surface area contributed by atoms with Crippen LogP contribution in [0.2, 0.25) is 0 Å². The average Bonchev–Trinajstić information content (AvgIpc) is 2.30. The summed E-state index contributed by atoms with van der Waals surface area (Å²) in [7, 11) is 0. The van der Waals surface area contributed by atoms with E-state index in [0.29, 0.717) is 0 Å². The molecule has 2 rings (SSSR count). The first-order valence-corrected chi connectivity index (χ1v) is 5.56. The van der Waals surface area contributed by atoms with Crippen LogP contribution in [0.5, 0.6) is 0 Å². The Morgan fingerprint density at radius 3 is 2.67 bits per heavy atom. The van der Waals surface area contributed by atoms with Crippen molar-refractivity contribution in [2.75, 3.05) is 0 Å². The molecule has 76 valence electrons. The maximum Gasteiger partial charge on any atom is -0.0112 e. The topological polar surface area (TPSA) is 0 Å². The zero-order valence-electron chi connectivity index (χ0n) is 9.11. The number of rotatable bonds is 3. The second-order valence-corrected chi connectivity index (χ2v) is 3.76. The molecule has 2 aromatic carbocycles. The first-order chi connectivity index (χ1) is 7.42. The predicted octanol–water partition coefficient (Wildman–Crippen LogP) is 4.65. The largest absolute Gasteiger partial charge is 0.0839 e. The number of hydrogen-bond donors (Lipinski definition) is 0. The zero-order chi connectivity index (χ0) is 10.5. The van der Waals surface area contributed by atoms with Crippen LogP contribution in [0.4, 0.5) is 0 Å². The van der Waals surface area contributed by atoms with E-state index in [2.05, 4.69) is 61.5 Å². The molecule has 0 heterocycles. The summed E-state index contributed by atoms with van der Waals surface area (Å²) in [6.45, 7) is 2.20. The molecule has 0 aromatic heterocycles. The van der Waals surface area contributed by atoms with Gasteiger partial charge in [-0.1, -0.05) is 68.0 Å². The van der Waals surface area contributed by atoms with Gasteiger partial charge >= 0.3 is 0 Å². The van der Waals surface area contributed by atoms with Crippen molar-refractivity contribution >= 4 is 16.8 Å². The summed E-state index contributed by atoms with van der Waals surface area (Å²) in [5.74, 6) is 0. The zero-order valence-corrected chi connectivity index (χ0v) is 9.11. The van der Waals surface area contributed by atoms with E-state index < -0.39 is 0 Å². The summed E-state index contributed by atoms with van der Waals surface area (Å²) in [5.41, 5.74) is 1.32. The van der Waals surface area contributed by atoms with Gasteiger partial charge in [0.05, 0.1) is 0 Å². The molecule has 0 amide bonds. The third-order valence-electron chi connectivity index (χ3n) is 2.58. The summed E-state index contributed by atoms with van der Waals surface area (Å²) in [6.07, 6.45) is 6.85. The van der Waals surface area contributed by atoms with Crippen LogP contribution in [0.1, 0.15) is 25.3 Å². The average molecular weight is 196 g/mol. The summed E-state index contributed by atoms with van der Waals surface area (Å²) in [5, 5.41) is 2.66. The number of benzene rings is 2. The molecule has 0 radical (unpaired) electrons. The summed E-state index contributed by atoms with van der Waals surface area (Å²) >= 11 is 0. The van der Waals surface area contributed by atoms with Crippen LogP contribution in [-0.2, 0) is 0 Å². The molecule has 0 N–H and O–H groups in total. The third kappa shape index (κ3) is 2.27. The third-order valence-corrected chi connectivity index (χ3v) is 2.58. The molecule has 0 heteroatoms. The van der Waals surface area contributed by atoms with Gasteiger partial charge in [0, 0.05) is 0 Å². The molecule has 0 bridgehead atoms. The maximum atomic E-state index is 2.25. The van der Waals surface area contributed by atoms with Gasteiger partial charge in [-0.2, -0.15) is 0 Å². The van der Waals surface area contributed by atoms with Gasteiger partial charge in [0.2, 0.25) is 0 Å². The standard InChI is InChI=1S/C15H16/c1-2-3-4-8-13-10-7-11-14-9-5-6-12-15(13)14/h4-12H,2-3H2,1H3/b8-4+. The number of unbranched alkanes of at least 4 members (excludes halogenated alkanes) is 1. The molecule has 0 aliphatic carbocycles. The van der Waals surface area contributed by atoms with Crippen molar-refractivity contribution in [1.29, 1.82) is 0 Å². The Balaban J connectivity index is 2.42. The van der Waals surface area contributed by atoms with Crippen molar-refractivity contribution in [3.05, 3.63) is 54.1 Å². The van der Waals surface area contributed by atoms with Crippen LogP contribution in [0, 0.1) is 0 Å². The van der Waals surface area contributed by atoms with E-state index in [1.165, 1.54) is 22.8 Å². The fraction of sp³-hybridized carbons (Fsp3) is 0.200. The Morgan fingerprint density at radius 2 is 1.80 bits per heavy atom. The minimum atomic E-state index is 1.16. The van der Waals surface area contributed by atoms with E-state index in [4.69, 9.17) is 0 Å². The summed E-state index contributed by atoms with van der Waals surface area (Å²) in [6, 6.07) is 15.0. The molecule has 0 aliphatic heterocycles. The Hall–Kier alpha value is -1.56. The SMILES string of the molecule is CCC/C=C/c1cccc2ccccc12. The van der Waals surface area contributed by atoms with Crippen molar-refractivity contribution in [1.82, 2.24) is 0 Å². The smallest absolute Gasteiger partial charge is 0.0112 e. The molecule has 2 aromatic rings. The van der Waals surface area contributed by atoms with Crippen LogP contribution in [0.3, 0.4) is 0 Å². The number of hydrogen-bond acceptors (Lipinski definition) is 0. The van der Waals surface area contributed by atoms with Gasteiger partial charge in [-0.05, 0) is 22.8 Å². The summed E-state index contributed by atoms with van der Waals surface area (Å²) in [4.78, 5) is 0. The van der Waals surface area contributed by atoms with Crippen LogP contribution in [-0.4, -0.2) is 0 Å². The lowest BCUT2D eigenvalue weighted by molar-refractivity contribution is 0.962. The molecular weight excluding hydrogens is 180 g/mol. The van der Waals surface area contributed by atoms with Crippen molar-refractivity contribution < 1.29 is 0 Å². The van der Waals surface area contributed by atoms with Gasteiger partial charge in [-0.3, -0.25) is 0 Å². The fourth-order valence-electron chi connectivity index (χ4n) is 1.77. The Bertz CT molecular complexity index is 461. The molecular formula is C15H16. The molecule has 0 atom stereocenters. The minimum absolute atomic E-state index is 1.16. The maximum absolute atomic E-state index is 2.25. The molecule has 0 unspecified atom stereocenters. The fourth-order valence-corrected chi connectivity index (χ4v) is 1.77. The minimum Gasteiger partial charge on any atom is -0.0839 e. The van der Waals surface area contributed by atoms with Crippen LogP contribution >= 0.6 is 0 Å². The van der Waals surface area contributed by atoms with Gasteiger partial charge in [0.15, 0.2) is 0 Å². The number of allylic oxidation sites excluding steroid dienone is 1. The lowest BCUT2D eigenvalue weighted by Crippen LogP contribution is -1.77. The second-order valence-electron chi connectivity index (χ2n) is 3.76. The molecule has 0 saturated heterocycles. The van der Waals surface area contributed by atoms with E-state index in [0.717, 1.165) is 6.42 Å². The van der Waals surface area contributed by atoms with E-state index in [1.807, 2.05) is 0 Å². The van der Waals surface area contributed by atoms with Gasteiger partial charge in [-0.25, -0.2) is 0 Å². The Kier molecular flexibility index (Phi) is 3.18. The van der Waals surface area contributed by atoms with Crippen LogP contribution in [0.25, 0.3) is 16.8 Å².